The van der Waals surface area contributed by atoms with E-state index in [1.165, 1.54) is 0 Å². The van der Waals surface area contributed by atoms with Gasteiger partial charge in [-0.3, -0.25) is 4.79 Å². The summed E-state index contributed by atoms with van der Waals surface area (Å²) >= 11 is 0. The summed E-state index contributed by atoms with van der Waals surface area (Å²) in [5.41, 5.74) is 0.821. The Kier molecular flexibility index (Phi) is 4.94. The molecule has 1 fully saturated rings. The predicted molar refractivity (Wildman–Crippen MR) is 83.5 cm³/mol. The molecule has 1 atom stereocenters. The van der Waals surface area contributed by atoms with Gasteiger partial charge in [-0.25, -0.2) is 0 Å². The van der Waals surface area contributed by atoms with Crippen LogP contribution in [0.4, 0.5) is 0 Å². The van der Waals surface area contributed by atoms with Gasteiger partial charge in [0.1, 0.15) is 6.04 Å². The summed E-state index contributed by atoms with van der Waals surface area (Å²) in [6.07, 6.45) is 1.91. The highest BCUT2D eigenvalue weighted by Crippen LogP contribution is 2.27. The number of ether oxygens (including phenoxy) is 1. The largest absolute Gasteiger partial charge is 0.423 e. The molecule has 0 spiro atoms. The number of aryl methyl sites for hydroxylation is 1. The molecule has 1 amide bonds. The number of carbonyl (C=O) groups is 1. The van der Waals surface area contributed by atoms with Gasteiger partial charge in [0.05, 0.1) is 18.9 Å². The average molecular weight is 334 g/mol. The van der Waals surface area contributed by atoms with Crippen LogP contribution in [0.2, 0.25) is 0 Å². The first-order valence-electron chi connectivity index (χ1n) is 8.29. The third kappa shape index (κ3) is 3.19. The van der Waals surface area contributed by atoms with E-state index in [1.54, 1.807) is 17.9 Å². The van der Waals surface area contributed by atoms with E-state index in [4.69, 9.17) is 13.7 Å². The Balaban J connectivity index is 1.82. The molecule has 1 aliphatic heterocycles. The zero-order chi connectivity index (χ0) is 17.1. The number of rotatable bonds is 5. The molecule has 0 aromatic carbocycles. The van der Waals surface area contributed by atoms with Gasteiger partial charge in [0, 0.05) is 25.5 Å². The van der Waals surface area contributed by atoms with Crippen LogP contribution < -0.4 is 0 Å². The van der Waals surface area contributed by atoms with Crippen molar-refractivity contribution in [2.24, 2.45) is 0 Å². The monoisotopic (exact) mass is 334 g/mol. The topological polar surface area (TPSA) is 94.5 Å². The van der Waals surface area contributed by atoms with Crippen LogP contribution >= 0.6 is 0 Å². The van der Waals surface area contributed by atoms with Crippen molar-refractivity contribution in [2.75, 3.05) is 19.8 Å². The van der Waals surface area contributed by atoms with E-state index in [0.717, 1.165) is 18.5 Å². The van der Waals surface area contributed by atoms with Gasteiger partial charge in [0.25, 0.3) is 5.91 Å². The highest BCUT2D eigenvalue weighted by Gasteiger charge is 2.35. The normalized spacial score (nSPS) is 18.3. The molecule has 0 aliphatic carbocycles. The number of amides is 1. The molecule has 130 valence electrons. The second-order valence-corrected chi connectivity index (χ2v) is 5.88. The van der Waals surface area contributed by atoms with Crippen molar-refractivity contribution in [3.8, 4) is 0 Å². The van der Waals surface area contributed by atoms with Crippen molar-refractivity contribution >= 4 is 5.91 Å². The molecule has 3 rings (SSSR count). The molecule has 2 aromatic heterocycles. The van der Waals surface area contributed by atoms with E-state index in [1.807, 2.05) is 0 Å². The first kappa shape index (κ1) is 16.6. The predicted octanol–water partition coefficient (Wildman–Crippen LogP) is 2.48. The summed E-state index contributed by atoms with van der Waals surface area (Å²) in [6, 6.07) is 1.33. The molecule has 1 saturated heterocycles. The number of hydrogen-bond acceptors (Lipinski definition) is 7. The van der Waals surface area contributed by atoms with Crippen LogP contribution in [0.3, 0.4) is 0 Å². The number of morpholine rings is 1. The van der Waals surface area contributed by atoms with Crippen molar-refractivity contribution < 1.29 is 18.5 Å². The molecular formula is C16H22N4O4. The van der Waals surface area contributed by atoms with Crippen molar-refractivity contribution in [3.05, 3.63) is 29.3 Å². The maximum atomic E-state index is 12.8. The van der Waals surface area contributed by atoms with Gasteiger partial charge in [0.15, 0.2) is 0 Å². The zero-order valence-electron chi connectivity index (χ0n) is 14.2. The Labute approximate surface area is 140 Å². The van der Waals surface area contributed by atoms with Gasteiger partial charge >= 0.3 is 0 Å². The van der Waals surface area contributed by atoms with Gasteiger partial charge in [-0.15, -0.1) is 10.2 Å². The number of carbonyl (C=O) groups excluding carboxylic acids is 1. The highest BCUT2D eigenvalue weighted by molar-refractivity contribution is 5.91. The van der Waals surface area contributed by atoms with Gasteiger partial charge < -0.3 is 18.6 Å². The standard InChI is InChI=1S/C16H22N4O4/c1-4-11(5-2)12-8-14(24-19-12)16(21)20-6-7-22-9-13(20)15-18-17-10(3)23-15/h8,11,13H,4-7,9H2,1-3H3. The SMILES string of the molecule is CCC(CC)c1cc(C(=O)N2CCOCC2c2nnc(C)o2)on1. The Morgan fingerprint density at radius 3 is 2.83 bits per heavy atom. The average Bonchev–Trinajstić information content (AvgIpc) is 3.25. The van der Waals surface area contributed by atoms with Gasteiger partial charge in [-0.2, -0.15) is 0 Å². The summed E-state index contributed by atoms with van der Waals surface area (Å²) in [5, 5.41) is 11.9. The van der Waals surface area contributed by atoms with E-state index in [-0.39, 0.29) is 11.7 Å². The maximum absolute atomic E-state index is 12.8. The van der Waals surface area contributed by atoms with E-state index in [2.05, 4.69) is 29.2 Å². The molecule has 8 heteroatoms. The van der Waals surface area contributed by atoms with Crippen LogP contribution in [0.5, 0.6) is 0 Å². The minimum absolute atomic E-state index is 0.233. The molecule has 1 aliphatic rings. The fraction of sp³-hybridized carbons (Fsp3) is 0.625. The first-order chi connectivity index (χ1) is 11.6. The van der Waals surface area contributed by atoms with E-state index >= 15 is 0 Å². The van der Waals surface area contributed by atoms with E-state index in [9.17, 15) is 4.79 Å². The second kappa shape index (κ2) is 7.12. The summed E-state index contributed by atoms with van der Waals surface area (Å²) in [7, 11) is 0. The lowest BCUT2D eigenvalue weighted by Gasteiger charge is -2.32. The first-order valence-corrected chi connectivity index (χ1v) is 8.29. The van der Waals surface area contributed by atoms with Crippen LogP contribution in [0.25, 0.3) is 0 Å². The summed E-state index contributed by atoms with van der Waals surface area (Å²) in [4.78, 5) is 14.5. The summed E-state index contributed by atoms with van der Waals surface area (Å²) < 4.78 is 16.3. The lowest BCUT2D eigenvalue weighted by Crippen LogP contribution is -2.43. The smallest absolute Gasteiger partial charge is 0.293 e. The molecule has 0 radical (unpaired) electrons. The van der Waals surface area contributed by atoms with Crippen molar-refractivity contribution in [3.63, 3.8) is 0 Å². The van der Waals surface area contributed by atoms with Gasteiger partial charge in [0.2, 0.25) is 17.5 Å². The second-order valence-electron chi connectivity index (χ2n) is 5.88. The highest BCUT2D eigenvalue weighted by atomic mass is 16.5. The molecule has 0 bridgehead atoms. The lowest BCUT2D eigenvalue weighted by atomic mass is 9.99. The van der Waals surface area contributed by atoms with Crippen LogP contribution in [0.1, 0.15) is 66.7 Å². The number of nitrogens with zero attached hydrogens (tertiary/aromatic N) is 4. The molecule has 8 nitrogen and oxygen atoms in total. The molecule has 1 unspecified atom stereocenters. The Bertz CT molecular complexity index is 692. The number of aromatic nitrogens is 3. The van der Waals surface area contributed by atoms with Crippen LogP contribution in [0, 0.1) is 6.92 Å². The fourth-order valence-corrected chi connectivity index (χ4v) is 2.93. The van der Waals surface area contributed by atoms with Gasteiger partial charge in [-0.05, 0) is 12.8 Å². The van der Waals surface area contributed by atoms with Crippen molar-refractivity contribution in [1.29, 1.82) is 0 Å². The maximum Gasteiger partial charge on any atom is 0.293 e. The summed E-state index contributed by atoms with van der Waals surface area (Å²) in [6.45, 7) is 7.13. The quantitative estimate of drug-likeness (QED) is 0.829. The minimum Gasteiger partial charge on any atom is -0.423 e. The Morgan fingerprint density at radius 1 is 1.38 bits per heavy atom. The third-order valence-corrected chi connectivity index (χ3v) is 4.36. The Hall–Kier alpha value is -2.22. The number of hydrogen-bond donors (Lipinski definition) is 0. The fourth-order valence-electron chi connectivity index (χ4n) is 2.93. The van der Waals surface area contributed by atoms with Crippen LogP contribution in [-0.4, -0.2) is 45.9 Å². The molecule has 2 aromatic rings. The molecule has 3 heterocycles. The molecular weight excluding hydrogens is 312 g/mol. The van der Waals surface area contributed by atoms with Crippen molar-refractivity contribution in [1.82, 2.24) is 20.3 Å². The third-order valence-electron chi connectivity index (χ3n) is 4.36. The van der Waals surface area contributed by atoms with E-state index in [0.29, 0.717) is 37.5 Å². The molecule has 24 heavy (non-hydrogen) atoms. The lowest BCUT2D eigenvalue weighted by molar-refractivity contribution is -0.0124. The minimum atomic E-state index is -0.408. The Morgan fingerprint density at radius 2 is 2.17 bits per heavy atom. The van der Waals surface area contributed by atoms with Crippen molar-refractivity contribution in [2.45, 2.75) is 45.6 Å². The molecule has 0 N–H and O–H groups in total. The van der Waals surface area contributed by atoms with E-state index < -0.39 is 6.04 Å². The van der Waals surface area contributed by atoms with Crippen LogP contribution in [-0.2, 0) is 4.74 Å². The van der Waals surface area contributed by atoms with Gasteiger partial charge in [-0.1, -0.05) is 19.0 Å². The van der Waals surface area contributed by atoms with Crippen LogP contribution in [0.15, 0.2) is 15.0 Å². The molecule has 0 saturated carbocycles. The zero-order valence-corrected chi connectivity index (χ0v) is 14.2. The summed E-state index contributed by atoms with van der Waals surface area (Å²) in [5.74, 6) is 1.14.